The van der Waals surface area contributed by atoms with Crippen LogP contribution in [0.15, 0.2) is 0 Å². The van der Waals surface area contributed by atoms with Gasteiger partial charge in [0, 0.05) is 5.92 Å². The first kappa shape index (κ1) is 15.0. The minimum Gasteiger partial charge on any atom is -0.480 e. The number of hydrogen-bond acceptors (Lipinski definition) is 2. The summed E-state index contributed by atoms with van der Waals surface area (Å²) in [4.78, 5) is 23.3. The monoisotopic (exact) mass is 255 g/mol. The zero-order valence-corrected chi connectivity index (χ0v) is 11.8. The van der Waals surface area contributed by atoms with E-state index in [0.717, 1.165) is 19.3 Å². The molecule has 4 heteroatoms. The molecular weight excluding hydrogens is 230 g/mol. The van der Waals surface area contributed by atoms with Crippen LogP contribution in [-0.2, 0) is 9.59 Å². The maximum Gasteiger partial charge on any atom is 0.326 e. The summed E-state index contributed by atoms with van der Waals surface area (Å²) < 4.78 is 0. The third-order valence-corrected chi connectivity index (χ3v) is 3.90. The highest BCUT2D eigenvalue weighted by Crippen LogP contribution is 2.42. The van der Waals surface area contributed by atoms with Gasteiger partial charge in [-0.2, -0.15) is 0 Å². The van der Waals surface area contributed by atoms with E-state index in [9.17, 15) is 9.59 Å². The number of carbonyl (C=O) groups is 2. The maximum atomic E-state index is 12.2. The number of carbonyl (C=O) groups excluding carboxylic acids is 1. The lowest BCUT2D eigenvalue weighted by Gasteiger charge is -2.27. The second-order valence-electron chi connectivity index (χ2n) is 6.46. The molecule has 1 aliphatic rings. The van der Waals surface area contributed by atoms with Gasteiger partial charge >= 0.3 is 5.97 Å². The molecule has 0 aromatic rings. The van der Waals surface area contributed by atoms with Crippen LogP contribution in [0.3, 0.4) is 0 Å². The molecular formula is C14H25NO3. The molecule has 1 aliphatic carbocycles. The number of amides is 1. The van der Waals surface area contributed by atoms with E-state index < -0.39 is 12.0 Å². The summed E-state index contributed by atoms with van der Waals surface area (Å²) in [6.07, 6.45) is 3.43. The zero-order chi connectivity index (χ0) is 13.9. The molecule has 2 atom stereocenters. The molecule has 0 radical (unpaired) electrons. The van der Waals surface area contributed by atoms with Gasteiger partial charge < -0.3 is 10.4 Å². The molecule has 1 fully saturated rings. The van der Waals surface area contributed by atoms with Crippen LogP contribution >= 0.6 is 0 Å². The van der Waals surface area contributed by atoms with Gasteiger partial charge in [0.15, 0.2) is 0 Å². The molecule has 0 aliphatic heterocycles. The van der Waals surface area contributed by atoms with E-state index in [1.54, 1.807) is 0 Å². The van der Waals surface area contributed by atoms with Crippen LogP contribution in [0.25, 0.3) is 0 Å². The summed E-state index contributed by atoms with van der Waals surface area (Å²) in [5.74, 6) is -0.826. The van der Waals surface area contributed by atoms with Gasteiger partial charge in [0.05, 0.1) is 0 Å². The smallest absolute Gasteiger partial charge is 0.326 e. The fourth-order valence-electron chi connectivity index (χ4n) is 2.78. The molecule has 1 amide bonds. The Morgan fingerprint density at radius 2 is 2.00 bits per heavy atom. The Morgan fingerprint density at radius 1 is 1.39 bits per heavy atom. The summed E-state index contributed by atoms with van der Waals surface area (Å²) >= 11 is 0. The Hall–Kier alpha value is -1.06. The fraction of sp³-hybridized carbons (Fsp3) is 0.857. The van der Waals surface area contributed by atoms with Crippen molar-refractivity contribution in [1.82, 2.24) is 5.32 Å². The molecule has 1 rings (SSSR count). The quantitative estimate of drug-likeness (QED) is 0.793. The SMILES string of the molecule is CC(C)C[C@@H](NC(=O)C1CCCC1(C)C)C(=O)O. The average molecular weight is 255 g/mol. The first-order valence-corrected chi connectivity index (χ1v) is 6.77. The van der Waals surface area contributed by atoms with E-state index >= 15 is 0 Å². The Labute approximate surface area is 109 Å². The highest BCUT2D eigenvalue weighted by atomic mass is 16.4. The molecule has 1 unspecified atom stereocenters. The molecule has 1 saturated carbocycles. The van der Waals surface area contributed by atoms with Crippen molar-refractivity contribution in [2.45, 2.75) is 59.4 Å². The molecule has 0 saturated heterocycles. The molecule has 0 aromatic carbocycles. The fourth-order valence-corrected chi connectivity index (χ4v) is 2.78. The standard InChI is InChI=1S/C14H25NO3/c1-9(2)8-11(13(17)18)15-12(16)10-6-5-7-14(10,3)4/h9-11H,5-8H2,1-4H3,(H,15,16)(H,17,18)/t10?,11-/m1/s1. The maximum absolute atomic E-state index is 12.2. The number of carboxylic acids is 1. The molecule has 4 nitrogen and oxygen atoms in total. The highest BCUT2D eigenvalue weighted by Gasteiger charge is 2.40. The van der Waals surface area contributed by atoms with Crippen LogP contribution in [0.5, 0.6) is 0 Å². The minimum atomic E-state index is -0.937. The third-order valence-electron chi connectivity index (χ3n) is 3.90. The molecule has 0 heterocycles. The van der Waals surface area contributed by atoms with E-state index in [1.165, 1.54) is 0 Å². The van der Waals surface area contributed by atoms with Crippen LogP contribution in [0.1, 0.15) is 53.4 Å². The summed E-state index contributed by atoms with van der Waals surface area (Å²) in [6.45, 7) is 8.09. The van der Waals surface area contributed by atoms with Crippen LogP contribution in [0.2, 0.25) is 0 Å². The number of carboxylic acid groups (broad SMARTS) is 1. The van der Waals surface area contributed by atoms with E-state index in [-0.39, 0.29) is 23.2 Å². The van der Waals surface area contributed by atoms with Crippen molar-refractivity contribution in [2.24, 2.45) is 17.3 Å². The second-order valence-corrected chi connectivity index (χ2v) is 6.46. The number of hydrogen-bond donors (Lipinski definition) is 2. The van der Waals surface area contributed by atoms with Crippen LogP contribution < -0.4 is 5.32 Å². The average Bonchev–Trinajstić information content (AvgIpc) is 2.56. The normalized spacial score (nSPS) is 23.9. The summed E-state index contributed by atoms with van der Waals surface area (Å²) in [5.41, 5.74) is -0.00896. The van der Waals surface area contributed by atoms with Crippen LogP contribution in [0, 0.1) is 17.3 Å². The van der Waals surface area contributed by atoms with E-state index in [4.69, 9.17) is 5.11 Å². The van der Waals surface area contributed by atoms with Gasteiger partial charge in [0.2, 0.25) is 5.91 Å². The van der Waals surface area contributed by atoms with Gasteiger partial charge in [0.1, 0.15) is 6.04 Å². The molecule has 0 spiro atoms. The Balaban J connectivity index is 2.64. The lowest BCUT2D eigenvalue weighted by Crippen LogP contribution is -2.46. The lowest BCUT2D eigenvalue weighted by molar-refractivity contribution is -0.143. The van der Waals surface area contributed by atoms with E-state index in [1.807, 2.05) is 13.8 Å². The summed E-state index contributed by atoms with van der Waals surface area (Å²) in [6, 6.07) is -0.756. The first-order valence-electron chi connectivity index (χ1n) is 6.77. The molecule has 2 N–H and O–H groups in total. The van der Waals surface area contributed by atoms with Crippen molar-refractivity contribution in [3.05, 3.63) is 0 Å². The van der Waals surface area contributed by atoms with Crippen LogP contribution in [-0.4, -0.2) is 23.0 Å². The van der Waals surface area contributed by atoms with Crippen LogP contribution in [0.4, 0.5) is 0 Å². The van der Waals surface area contributed by atoms with Crippen molar-refractivity contribution in [3.8, 4) is 0 Å². The minimum absolute atomic E-state index is 0.00896. The number of aliphatic carboxylic acids is 1. The van der Waals surface area contributed by atoms with Gasteiger partial charge in [-0.25, -0.2) is 4.79 Å². The number of rotatable bonds is 5. The Morgan fingerprint density at radius 3 is 2.39 bits per heavy atom. The van der Waals surface area contributed by atoms with E-state index in [2.05, 4.69) is 19.2 Å². The predicted octanol–water partition coefficient (Wildman–Crippen LogP) is 2.43. The molecule has 18 heavy (non-hydrogen) atoms. The van der Waals surface area contributed by atoms with Gasteiger partial charge in [-0.05, 0) is 30.6 Å². The van der Waals surface area contributed by atoms with Crippen molar-refractivity contribution < 1.29 is 14.7 Å². The van der Waals surface area contributed by atoms with Gasteiger partial charge in [-0.15, -0.1) is 0 Å². The van der Waals surface area contributed by atoms with Gasteiger partial charge in [-0.3, -0.25) is 4.79 Å². The summed E-state index contributed by atoms with van der Waals surface area (Å²) in [7, 11) is 0. The molecule has 104 valence electrons. The second kappa shape index (κ2) is 5.72. The first-order chi connectivity index (χ1) is 8.24. The van der Waals surface area contributed by atoms with Crippen molar-refractivity contribution in [3.63, 3.8) is 0 Å². The van der Waals surface area contributed by atoms with Crippen molar-refractivity contribution in [2.75, 3.05) is 0 Å². The van der Waals surface area contributed by atoms with Crippen molar-refractivity contribution >= 4 is 11.9 Å². The van der Waals surface area contributed by atoms with Crippen molar-refractivity contribution in [1.29, 1.82) is 0 Å². The van der Waals surface area contributed by atoms with Gasteiger partial charge in [0.25, 0.3) is 0 Å². The Bertz CT molecular complexity index is 323. The lowest BCUT2D eigenvalue weighted by atomic mass is 9.81. The third kappa shape index (κ3) is 3.72. The zero-order valence-electron chi connectivity index (χ0n) is 11.8. The summed E-state index contributed by atoms with van der Waals surface area (Å²) in [5, 5.41) is 11.8. The molecule has 0 aromatic heterocycles. The topological polar surface area (TPSA) is 66.4 Å². The van der Waals surface area contributed by atoms with E-state index in [0.29, 0.717) is 6.42 Å². The number of nitrogens with one attached hydrogen (secondary N) is 1. The Kier molecular flexibility index (Phi) is 4.77. The molecule has 0 bridgehead atoms. The largest absolute Gasteiger partial charge is 0.480 e. The highest BCUT2D eigenvalue weighted by molar-refractivity contribution is 5.85. The van der Waals surface area contributed by atoms with Gasteiger partial charge in [-0.1, -0.05) is 34.1 Å². The predicted molar refractivity (Wildman–Crippen MR) is 70.1 cm³/mol.